The summed E-state index contributed by atoms with van der Waals surface area (Å²) in [5, 5.41) is 7.86. The van der Waals surface area contributed by atoms with Crippen molar-refractivity contribution in [2.24, 2.45) is 7.05 Å². The highest BCUT2D eigenvalue weighted by atomic mass is 79.9. The third-order valence-corrected chi connectivity index (χ3v) is 3.92. The Morgan fingerprint density at radius 1 is 1.33 bits per heavy atom. The van der Waals surface area contributed by atoms with Crippen molar-refractivity contribution in [3.8, 4) is 0 Å². The summed E-state index contributed by atoms with van der Waals surface area (Å²) in [6.07, 6.45) is 4.42. The largest absolute Gasteiger partial charge is 0.383 e. The zero-order chi connectivity index (χ0) is 13.4. The molecule has 0 unspecified atom stereocenters. The van der Waals surface area contributed by atoms with Crippen molar-refractivity contribution < 1.29 is 4.74 Å². The highest BCUT2D eigenvalue weighted by Crippen LogP contribution is 2.22. The number of ether oxygens (including phenoxy) is 1. The van der Waals surface area contributed by atoms with E-state index in [4.69, 9.17) is 4.74 Å². The van der Waals surface area contributed by atoms with Crippen LogP contribution in [0.15, 0.2) is 4.47 Å². The summed E-state index contributed by atoms with van der Waals surface area (Å²) in [7, 11) is 3.75. The summed E-state index contributed by atoms with van der Waals surface area (Å²) < 4.78 is 8.18. The molecule has 1 aromatic heterocycles. The first-order valence-corrected chi connectivity index (χ1v) is 7.39. The number of aryl methyl sites for hydroxylation is 2. The summed E-state index contributed by atoms with van der Waals surface area (Å²) in [5.41, 5.74) is 2.47. The van der Waals surface area contributed by atoms with Crippen LogP contribution < -0.4 is 5.32 Å². The molecule has 0 atom stereocenters. The van der Waals surface area contributed by atoms with E-state index in [9.17, 15) is 0 Å². The number of unbranched alkanes of at least 4 members (excludes halogenated alkanes) is 1. The molecule has 0 saturated heterocycles. The molecule has 0 fully saturated rings. The van der Waals surface area contributed by atoms with Crippen molar-refractivity contribution in [3.63, 3.8) is 0 Å². The quantitative estimate of drug-likeness (QED) is 0.710. The van der Waals surface area contributed by atoms with Crippen LogP contribution in [0, 0.1) is 0 Å². The summed E-state index contributed by atoms with van der Waals surface area (Å²) >= 11 is 3.65. The minimum Gasteiger partial charge on any atom is -0.383 e. The predicted molar refractivity (Wildman–Crippen MR) is 78.0 cm³/mol. The summed E-state index contributed by atoms with van der Waals surface area (Å²) in [6, 6.07) is 0. The van der Waals surface area contributed by atoms with Gasteiger partial charge in [0.05, 0.1) is 22.5 Å². The molecule has 0 aliphatic carbocycles. The summed E-state index contributed by atoms with van der Waals surface area (Å²) in [4.78, 5) is 0. The predicted octanol–water partition coefficient (Wildman–Crippen LogP) is 2.30. The Labute approximate surface area is 118 Å². The number of hydrogen-bond donors (Lipinski definition) is 1. The zero-order valence-corrected chi connectivity index (χ0v) is 13.2. The highest BCUT2D eigenvalue weighted by molar-refractivity contribution is 9.10. The van der Waals surface area contributed by atoms with Crippen molar-refractivity contribution in [1.82, 2.24) is 15.1 Å². The van der Waals surface area contributed by atoms with Crippen LogP contribution in [-0.4, -0.2) is 36.6 Å². The van der Waals surface area contributed by atoms with Crippen molar-refractivity contribution in [2.45, 2.75) is 32.6 Å². The second-order valence-electron chi connectivity index (χ2n) is 4.38. The first-order valence-electron chi connectivity index (χ1n) is 6.60. The van der Waals surface area contributed by atoms with Gasteiger partial charge in [-0.15, -0.1) is 0 Å². The molecule has 5 heteroatoms. The molecule has 0 bridgehead atoms. The smallest absolute Gasteiger partial charge is 0.0766 e. The van der Waals surface area contributed by atoms with Crippen LogP contribution in [0.5, 0.6) is 0 Å². The molecule has 0 spiro atoms. The van der Waals surface area contributed by atoms with Gasteiger partial charge in [-0.25, -0.2) is 0 Å². The molecule has 0 aromatic carbocycles. The molecule has 1 rings (SSSR count). The Balaban J connectivity index is 2.25. The normalized spacial score (nSPS) is 11.1. The fourth-order valence-electron chi connectivity index (χ4n) is 1.93. The molecular weight excluding hydrogens is 294 g/mol. The Kier molecular flexibility index (Phi) is 7.54. The summed E-state index contributed by atoms with van der Waals surface area (Å²) in [6.45, 7) is 4.91. The van der Waals surface area contributed by atoms with Crippen LogP contribution in [-0.2, 0) is 24.6 Å². The fraction of sp³-hybridized carbons (Fsp3) is 0.769. The first-order chi connectivity index (χ1) is 8.70. The molecular formula is C13H24BrN3O. The van der Waals surface area contributed by atoms with E-state index in [2.05, 4.69) is 33.3 Å². The Morgan fingerprint density at radius 2 is 2.11 bits per heavy atom. The van der Waals surface area contributed by atoms with Gasteiger partial charge in [-0.3, -0.25) is 4.68 Å². The van der Waals surface area contributed by atoms with E-state index in [1.807, 2.05) is 11.7 Å². The van der Waals surface area contributed by atoms with Crippen LogP contribution in [0.3, 0.4) is 0 Å². The minimum absolute atomic E-state index is 0.785. The van der Waals surface area contributed by atoms with Crippen molar-refractivity contribution >= 4 is 15.9 Å². The third kappa shape index (κ3) is 4.71. The average Bonchev–Trinajstić information content (AvgIpc) is 2.64. The van der Waals surface area contributed by atoms with Gasteiger partial charge in [-0.1, -0.05) is 6.92 Å². The van der Waals surface area contributed by atoms with Gasteiger partial charge in [-0.05, 0) is 48.2 Å². The van der Waals surface area contributed by atoms with Crippen LogP contribution in [0.2, 0.25) is 0 Å². The Hall–Kier alpha value is -0.390. The van der Waals surface area contributed by atoms with E-state index in [1.54, 1.807) is 7.11 Å². The molecule has 0 amide bonds. The zero-order valence-electron chi connectivity index (χ0n) is 11.6. The van der Waals surface area contributed by atoms with Crippen molar-refractivity contribution in [3.05, 3.63) is 15.9 Å². The molecule has 18 heavy (non-hydrogen) atoms. The molecule has 4 nitrogen and oxygen atoms in total. The maximum absolute atomic E-state index is 4.98. The van der Waals surface area contributed by atoms with E-state index in [0.717, 1.165) is 38.2 Å². The topological polar surface area (TPSA) is 39.1 Å². The van der Waals surface area contributed by atoms with E-state index in [1.165, 1.54) is 23.0 Å². The van der Waals surface area contributed by atoms with Gasteiger partial charge in [0.25, 0.3) is 0 Å². The number of hydrogen-bond acceptors (Lipinski definition) is 3. The lowest BCUT2D eigenvalue weighted by atomic mass is 10.1. The first kappa shape index (κ1) is 15.7. The maximum Gasteiger partial charge on any atom is 0.0766 e. The van der Waals surface area contributed by atoms with E-state index >= 15 is 0 Å². The second-order valence-corrected chi connectivity index (χ2v) is 5.18. The van der Waals surface area contributed by atoms with Gasteiger partial charge in [-0.2, -0.15) is 5.10 Å². The molecule has 1 N–H and O–H groups in total. The second kappa shape index (κ2) is 8.67. The number of rotatable bonds is 9. The standard InChI is InChI=1S/C13H24BrN3O/c1-4-11-13(14)12(17(2)16-11)7-5-6-8-15-9-10-18-3/h15H,4-10H2,1-3H3. The molecule has 1 aromatic rings. The highest BCUT2D eigenvalue weighted by Gasteiger charge is 2.11. The Morgan fingerprint density at radius 3 is 2.72 bits per heavy atom. The van der Waals surface area contributed by atoms with Crippen LogP contribution >= 0.6 is 15.9 Å². The van der Waals surface area contributed by atoms with Crippen molar-refractivity contribution in [1.29, 1.82) is 0 Å². The molecule has 0 saturated carbocycles. The van der Waals surface area contributed by atoms with E-state index in [-0.39, 0.29) is 0 Å². The molecule has 1 heterocycles. The van der Waals surface area contributed by atoms with E-state index in [0.29, 0.717) is 0 Å². The minimum atomic E-state index is 0.785. The van der Waals surface area contributed by atoms with Gasteiger partial charge in [0.15, 0.2) is 0 Å². The monoisotopic (exact) mass is 317 g/mol. The number of nitrogens with one attached hydrogen (secondary N) is 1. The third-order valence-electron chi connectivity index (χ3n) is 3.00. The SMILES string of the molecule is CCc1nn(C)c(CCCCNCCOC)c1Br. The molecule has 0 radical (unpaired) electrons. The molecule has 0 aliphatic rings. The van der Waals surface area contributed by atoms with Gasteiger partial charge in [0, 0.05) is 20.7 Å². The average molecular weight is 318 g/mol. The molecule has 104 valence electrons. The summed E-state index contributed by atoms with van der Waals surface area (Å²) in [5.74, 6) is 0. The van der Waals surface area contributed by atoms with E-state index < -0.39 is 0 Å². The van der Waals surface area contributed by atoms with Crippen LogP contribution in [0.1, 0.15) is 31.2 Å². The Bertz CT molecular complexity index is 352. The number of halogens is 1. The van der Waals surface area contributed by atoms with Gasteiger partial charge in [0.1, 0.15) is 0 Å². The van der Waals surface area contributed by atoms with Crippen LogP contribution in [0.25, 0.3) is 0 Å². The lowest BCUT2D eigenvalue weighted by Gasteiger charge is -2.05. The van der Waals surface area contributed by atoms with Gasteiger partial charge >= 0.3 is 0 Å². The number of methoxy groups -OCH3 is 1. The lowest BCUT2D eigenvalue weighted by Crippen LogP contribution is -2.20. The van der Waals surface area contributed by atoms with Crippen molar-refractivity contribution in [2.75, 3.05) is 26.8 Å². The van der Waals surface area contributed by atoms with Gasteiger partial charge < -0.3 is 10.1 Å². The van der Waals surface area contributed by atoms with Gasteiger partial charge in [0.2, 0.25) is 0 Å². The number of nitrogens with zero attached hydrogens (tertiary/aromatic N) is 2. The van der Waals surface area contributed by atoms with Crippen LogP contribution in [0.4, 0.5) is 0 Å². The lowest BCUT2D eigenvalue weighted by molar-refractivity contribution is 0.199. The fourth-order valence-corrected chi connectivity index (χ4v) is 2.75. The number of aromatic nitrogens is 2. The molecule has 0 aliphatic heterocycles. The maximum atomic E-state index is 4.98.